The van der Waals surface area contributed by atoms with Crippen LogP contribution in [0.15, 0.2) is 0 Å². The molecule has 0 aromatic carbocycles. The van der Waals surface area contributed by atoms with Crippen molar-refractivity contribution >= 4 is 0 Å². The first kappa shape index (κ1) is 32.7. The highest BCUT2D eigenvalue weighted by Crippen LogP contribution is 2.66. The Morgan fingerprint density at radius 1 is 0.353 bits per heavy atom. The van der Waals surface area contributed by atoms with E-state index in [9.17, 15) is 83.4 Å². The Bertz CT molecular complexity index is 703. The predicted molar refractivity (Wildman–Crippen MR) is 74.3 cm³/mol. The highest BCUT2D eigenvalue weighted by molar-refractivity contribution is 5.19. The molecule has 0 spiro atoms. The maximum absolute atomic E-state index is 13.6. The van der Waals surface area contributed by atoms with Crippen LogP contribution < -0.4 is 0 Å². The van der Waals surface area contributed by atoms with Crippen LogP contribution in [-0.2, 0) is 0 Å². The maximum Gasteiger partial charge on any atom is 0.438 e. The predicted octanol–water partition coefficient (Wildman–Crippen LogP) is 8.46. The summed E-state index contributed by atoms with van der Waals surface area (Å²) in [6, 6.07) is 0. The van der Waals surface area contributed by atoms with Crippen molar-refractivity contribution in [3.63, 3.8) is 0 Å². The molecule has 0 aliphatic heterocycles. The quantitative estimate of drug-likeness (QED) is 0.264. The smallest absolute Gasteiger partial charge is 0.216 e. The summed E-state index contributed by atoms with van der Waals surface area (Å²) in [5, 5.41) is 0. The van der Waals surface area contributed by atoms with Crippen molar-refractivity contribution in [1.82, 2.24) is 0 Å². The fraction of sp³-hybridized carbons (Fsp3) is 1.00. The van der Waals surface area contributed by atoms with Gasteiger partial charge in [0.25, 0.3) is 0 Å². The summed E-state index contributed by atoms with van der Waals surface area (Å²) in [5.41, 5.74) is -10.2. The zero-order chi connectivity index (χ0) is 28.4. The third kappa shape index (κ3) is 4.48. The molecule has 19 heteroatoms. The van der Waals surface area contributed by atoms with Crippen molar-refractivity contribution in [2.45, 2.75) is 87.2 Å². The van der Waals surface area contributed by atoms with Gasteiger partial charge in [-0.1, -0.05) is 20.8 Å². The highest BCUT2D eigenvalue weighted by Gasteiger charge is 2.98. The van der Waals surface area contributed by atoms with Crippen molar-refractivity contribution in [3.05, 3.63) is 0 Å². The molecule has 0 bridgehead atoms. The molecular formula is C15H13F19. The number of alkyl halides is 19. The van der Waals surface area contributed by atoms with Crippen molar-refractivity contribution in [3.8, 4) is 0 Å². The molecule has 0 N–H and O–H groups in total. The Labute approximate surface area is 177 Å². The van der Waals surface area contributed by atoms with Crippen LogP contribution in [0.25, 0.3) is 0 Å². The number of hydrogen-bond acceptors (Lipinski definition) is 0. The maximum atomic E-state index is 13.6. The normalized spacial score (nSPS) is 16.8. The van der Waals surface area contributed by atoms with Gasteiger partial charge in [0.05, 0.1) is 0 Å². The minimum Gasteiger partial charge on any atom is -0.216 e. The lowest BCUT2D eigenvalue weighted by Gasteiger charge is -2.45. The average Bonchev–Trinajstić information content (AvgIpc) is 2.55. The Morgan fingerprint density at radius 2 is 0.618 bits per heavy atom. The topological polar surface area (TPSA) is 0 Å². The van der Waals surface area contributed by atoms with E-state index in [2.05, 4.69) is 0 Å². The van der Waals surface area contributed by atoms with Crippen molar-refractivity contribution < 1.29 is 83.4 Å². The van der Waals surface area contributed by atoms with Crippen LogP contribution in [0.1, 0.15) is 33.6 Å². The molecule has 0 saturated carbocycles. The second-order valence-electron chi connectivity index (χ2n) is 8.29. The Morgan fingerprint density at radius 3 is 0.882 bits per heavy atom. The van der Waals surface area contributed by atoms with Gasteiger partial charge in [0.2, 0.25) is 0 Å². The molecule has 0 atom stereocenters. The first-order chi connectivity index (χ1) is 14.2. The molecule has 0 rings (SSSR count). The summed E-state index contributed by atoms with van der Waals surface area (Å²) in [7, 11) is 0. The number of hydrogen-bond donors (Lipinski definition) is 0. The Balaban J connectivity index is 6.93. The van der Waals surface area contributed by atoms with E-state index in [1.54, 1.807) is 0 Å². The molecule has 0 aromatic rings. The molecule has 34 heavy (non-hydrogen) atoms. The summed E-state index contributed by atoms with van der Waals surface area (Å²) < 4.78 is 250. The van der Waals surface area contributed by atoms with Crippen molar-refractivity contribution in [2.24, 2.45) is 5.41 Å². The van der Waals surface area contributed by atoms with E-state index < -0.39 is 71.8 Å². The summed E-state index contributed by atoms with van der Waals surface area (Å²) in [5.74, 6) is -49.4. The molecule has 0 aliphatic rings. The summed E-state index contributed by atoms with van der Waals surface area (Å²) in [6.45, 7) is 2.99. The summed E-state index contributed by atoms with van der Waals surface area (Å²) in [4.78, 5) is 0. The van der Waals surface area contributed by atoms with E-state index in [1.165, 1.54) is 0 Å². The molecule has 0 aliphatic carbocycles. The van der Waals surface area contributed by atoms with Crippen LogP contribution in [0.5, 0.6) is 0 Å². The SMILES string of the molecule is CC(C)(C)CCC(F)(F)C(F)(F)C(F)(F)C(F)(F)C(F)(F)C(F)(F)C(F)(C(F)(F)F)C(F)(F)F. The van der Waals surface area contributed by atoms with Crippen LogP contribution in [0.3, 0.4) is 0 Å². The largest absolute Gasteiger partial charge is 0.438 e. The average molecular weight is 554 g/mol. The van der Waals surface area contributed by atoms with Gasteiger partial charge in [-0.05, 0) is 11.8 Å². The van der Waals surface area contributed by atoms with E-state index in [0.717, 1.165) is 20.8 Å². The second-order valence-corrected chi connectivity index (χ2v) is 8.29. The van der Waals surface area contributed by atoms with Crippen LogP contribution in [0.4, 0.5) is 83.4 Å². The van der Waals surface area contributed by atoms with Gasteiger partial charge in [-0.15, -0.1) is 0 Å². The molecule has 0 radical (unpaired) electrons. The van der Waals surface area contributed by atoms with Gasteiger partial charge in [0.15, 0.2) is 0 Å². The van der Waals surface area contributed by atoms with Crippen LogP contribution >= 0.6 is 0 Å². The van der Waals surface area contributed by atoms with E-state index in [0.29, 0.717) is 0 Å². The zero-order valence-corrected chi connectivity index (χ0v) is 16.6. The first-order valence-electron chi connectivity index (χ1n) is 8.30. The third-order valence-electron chi connectivity index (χ3n) is 4.44. The fourth-order valence-corrected chi connectivity index (χ4v) is 2.24. The molecule has 0 saturated heterocycles. The summed E-state index contributed by atoms with van der Waals surface area (Å²) >= 11 is 0. The monoisotopic (exact) mass is 554 g/mol. The first-order valence-corrected chi connectivity index (χ1v) is 8.30. The lowest BCUT2D eigenvalue weighted by molar-refractivity contribution is -0.472. The van der Waals surface area contributed by atoms with Gasteiger partial charge in [-0.2, -0.15) is 79.0 Å². The second kappa shape index (κ2) is 8.09. The molecule has 0 heterocycles. The van der Waals surface area contributed by atoms with Gasteiger partial charge >= 0.3 is 53.6 Å². The van der Waals surface area contributed by atoms with Gasteiger partial charge in [-0.3, -0.25) is 0 Å². The molecule has 0 fully saturated rings. The minimum atomic E-state index is -8.97. The number of halogens is 19. The summed E-state index contributed by atoms with van der Waals surface area (Å²) in [6.07, 6.45) is -20.3. The van der Waals surface area contributed by atoms with Crippen molar-refractivity contribution in [1.29, 1.82) is 0 Å². The van der Waals surface area contributed by atoms with Gasteiger partial charge in [0, 0.05) is 6.42 Å². The van der Waals surface area contributed by atoms with E-state index >= 15 is 0 Å². The standard InChI is InChI=1S/C15H13F19/c1-6(2,3)4-5-7(16,17)9(19,20)11(23,24)13(27,28)12(25,26)10(21,22)8(18,14(29,30)31)15(32,33)34/h4-5H2,1-3H3. The van der Waals surface area contributed by atoms with Gasteiger partial charge < -0.3 is 0 Å². The van der Waals surface area contributed by atoms with Crippen LogP contribution in [0.2, 0.25) is 0 Å². The molecular weight excluding hydrogens is 541 g/mol. The van der Waals surface area contributed by atoms with Crippen molar-refractivity contribution in [2.75, 3.05) is 0 Å². The lowest BCUT2D eigenvalue weighted by Crippen LogP contribution is -2.77. The van der Waals surface area contributed by atoms with E-state index in [4.69, 9.17) is 0 Å². The van der Waals surface area contributed by atoms with E-state index in [1.807, 2.05) is 0 Å². The third-order valence-corrected chi connectivity index (χ3v) is 4.44. The van der Waals surface area contributed by atoms with Gasteiger partial charge in [-0.25, -0.2) is 4.39 Å². The zero-order valence-electron chi connectivity index (χ0n) is 16.6. The molecule has 0 nitrogen and oxygen atoms in total. The minimum absolute atomic E-state index is 0.998. The van der Waals surface area contributed by atoms with Crippen LogP contribution in [-0.4, -0.2) is 53.6 Å². The fourth-order valence-electron chi connectivity index (χ4n) is 2.24. The van der Waals surface area contributed by atoms with Gasteiger partial charge in [0.1, 0.15) is 0 Å². The molecule has 0 unspecified atom stereocenters. The number of rotatable bonds is 8. The highest BCUT2D eigenvalue weighted by atomic mass is 19.4. The molecule has 206 valence electrons. The van der Waals surface area contributed by atoms with E-state index in [-0.39, 0.29) is 0 Å². The van der Waals surface area contributed by atoms with Crippen LogP contribution in [0, 0.1) is 5.41 Å². The Hall–Kier alpha value is -1.33. The lowest BCUT2D eigenvalue weighted by atomic mass is 9.82. The Kier molecular flexibility index (Phi) is 7.78. The molecule has 0 amide bonds. The molecule has 0 aromatic heterocycles.